The Morgan fingerprint density at radius 2 is 1.59 bits per heavy atom. The van der Waals surface area contributed by atoms with Crippen molar-refractivity contribution in [3.8, 4) is 0 Å². The van der Waals surface area contributed by atoms with Crippen molar-refractivity contribution in [3.05, 3.63) is 0 Å². The molecule has 0 saturated heterocycles. The number of alkyl halides is 2. The highest BCUT2D eigenvalue weighted by Gasteiger charge is 2.64. The molecule has 4 bridgehead atoms. The molecule has 5 fully saturated rings. The van der Waals surface area contributed by atoms with Gasteiger partial charge in [-0.1, -0.05) is 6.42 Å². The molecule has 5 aliphatic rings. The van der Waals surface area contributed by atoms with Crippen LogP contribution in [0.25, 0.3) is 0 Å². The van der Waals surface area contributed by atoms with Crippen LogP contribution in [0.3, 0.4) is 0 Å². The highest BCUT2D eigenvalue weighted by atomic mass is 19.3. The molecule has 0 radical (unpaired) electrons. The lowest BCUT2D eigenvalue weighted by molar-refractivity contribution is -0.347. The second-order valence-corrected chi connectivity index (χ2v) is 9.63. The lowest BCUT2D eigenvalue weighted by Gasteiger charge is -2.58. The molecule has 0 N–H and O–H groups in total. The lowest BCUT2D eigenvalue weighted by atomic mass is 9.48. The molecule has 6 nitrogen and oxygen atoms in total. The van der Waals surface area contributed by atoms with Crippen molar-refractivity contribution in [3.63, 3.8) is 0 Å². The van der Waals surface area contributed by atoms with Gasteiger partial charge in [-0.3, -0.25) is 9.59 Å². The maximum Gasteiger partial charge on any atom is 0.325 e. The molecule has 162 valence electrons. The molecule has 2 atom stereocenters. The summed E-state index contributed by atoms with van der Waals surface area (Å²) in [7, 11) is 0. The van der Waals surface area contributed by atoms with Gasteiger partial charge in [-0.15, -0.1) is 0 Å². The molecule has 0 spiro atoms. The van der Waals surface area contributed by atoms with Crippen molar-refractivity contribution < 1.29 is 37.7 Å². The van der Waals surface area contributed by atoms with Crippen LogP contribution in [0.4, 0.5) is 8.78 Å². The Kier molecular flexibility index (Phi) is 4.89. The van der Waals surface area contributed by atoms with Gasteiger partial charge in [-0.2, -0.15) is 8.78 Å². The predicted octanol–water partition coefficient (Wildman–Crippen LogP) is 2.38. The summed E-state index contributed by atoms with van der Waals surface area (Å²) in [6, 6.07) is 0. The molecule has 0 amide bonds. The number of carbonyl (C=O) groups is 3. The zero-order valence-corrected chi connectivity index (χ0v) is 16.6. The zero-order chi connectivity index (χ0) is 21.0. The molecule has 0 aliphatic heterocycles. The van der Waals surface area contributed by atoms with Crippen molar-refractivity contribution in [1.82, 2.24) is 0 Å². The van der Waals surface area contributed by atoms with Gasteiger partial charge in [0.25, 0.3) is 0 Å². The largest absolute Gasteiger partial charge is 0.544 e. The summed E-state index contributed by atoms with van der Waals surface area (Å²) in [6.07, 6.45) is 4.00. The van der Waals surface area contributed by atoms with Crippen molar-refractivity contribution in [2.45, 2.75) is 88.8 Å². The third-order valence-corrected chi connectivity index (χ3v) is 7.70. The monoisotopic (exact) mass is 413 g/mol. The van der Waals surface area contributed by atoms with Crippen molar-refractivity contribution in [1.29, 1.82) is 0 Å². The second-order valence-electron chi connectivity index (χ2n) is 9.63. The number of esters is 2. The van der Waals surface area contributed by atoms with E-state index >= 15 is 0 Å². The standard InChI is InChI=1S/C21H28F2O6/c1-12(24)28-16-14-7-13-8-15(16)11-19(9-13,10-14)18(27)29-20(5-3-2-4-6-20)21(22,23)17(25)26/h13-16H,2-11H2,1H3,(H,25,26)/p-1. The SMILES string of the molecule is CC(=O)OC1C2CC3CC1CC(C(=O)OC1(C(F)(F)C(=O)[O-])CCCCC1)(C3)C2. The number of carboxylic acids is 1. The Morgan fingerprint density at radius 1 is 1.00 bits per heavy atom. The summed E-state index contributed by atoms with van der Waals surface area (Å²) < 4.78 is 40.3. The van der Waals surface area contributed by atoms with Gasteiger partial charge in [0.15, 0.2) is 5.60 Å². The van der Waals surface area contributed by atoms with Gasteiger partial charge in [-0.25, -0.2) is 0 Å². The first-order chi connectivity index (χ1) is 13.6. The Bertz CT molecular complexity index is 698. The molecule has 0 aromatic carbocycles. The van der Waals surface area contributed by atoms with Crippen LogP contribution in [0.1, 0.15) is 71.1 Å². The minimum Gasteiger partial charge on any atom is -0.544 e. The van der Waals surface area contributed by atoms with Crippen LogP contribution >= 0.6 is 0 Å². The Balaban J connectivity index is 1.58. The molecule has 5 rings (SSSR count). The highest BCUT2D eigenvalue weighted by Crippen LogP contribution is 2.62. The van der Waals surface area contributed by atoms with E-state index in [2.05, 4.69) is 0 Å². The van der Waals surface area contributed by atoms with Gasteiger partial charge < -0.3 is 19.4 Å². The molecule has 5 aliphatic carbocycles. The van der Waals surface area contributed by atoms with Gasteiger partial charge in [0.05, 0.1) is 5.41 Å². The number of rotatable bonds is 5. The van der Waals surface area contributed by atoms with E-state index in [1.807, 2.05) is 0 Å². The van der Waals surface area contributed by atoms with Gasteiger partial charge in [-0.05, 0) is 75.5 Å². The molecule has 5 saturated carbocycles. The molecule has 0 aromatic heterocycles. The van der Waals surface area contributed by atoms with E-state index in [0.29, 0.717) is 38.5 Å². The minimum atomic E-state index is -4.23. The molecule has 0 heterocycles. The van der Waals surface area contributed by atoms with Crippen LogP contribution in [0.15, 0.2) is 0 Å². The van der Waals surface area contributed by atoms with Crippen molar-refractivity contribution >= 4 is 17.9 Å². The fourth-order valence-corrected chi connectivity index (χ4v) is 6.69. The average molecular weight is 413 g/mol. The van der Waals surface area contributed by atoms with Crippen LogP contribution in [0, 0.1) is 23.2 Å². The number of hydrogen-bond donors (Lipinski definition) is 0. The second kappa shape index (κ2) is 6.91. The highest BCUT2D eigenvalue weighted by molar-refractivity contribution is 5.80. The summed E-state index contributed by atoms with van der Waals surface area (Å²) in [5, 5.41) is 11.2. The molecule has 8 heteroatoms. The van der Waals surface area contributed by atoms with Crippen molar-refractivity contribution in [2.24, 2.45) is 23.2 Å². The zero-order valence-electron chi connectivity index (χ0n) is 16.6. The van der Waals surface area contributed by atoms with Gasteiger partial charge >= 0.3 is 17.9 Å². The fraction of sp³-hybridized carbons (Fsp3) is 0.857. The van der Waals surface area contributed by atoms with E-state index in [4.69, 9.17) is 9.47 Å². The molecule has 2 unspecified atom stereocenters. The summed E-state index contributed by atoms with van der Waals surface area (Å²) in [5.41, 5.74) is -3.22. The van der Waals surface area contributed by atoms with Crippen LogP contribution in [-0.2, 0) is 23.9 Å². The summed E-state index contributed by atoms with van der Waals surface area (Å²) >= 11 is 0. The lowest BCUT2D eigenvalue weighted by Crippen LogP contribution is -2.63. The average Bonchev–Trinajstić information content (AvgIpc) is 2.64. The smallest absolute Gasteiger partial charge is 0.325 e. The first-order valence-corrected chi connectivity index (χ1v) is 10.6. The minimum absolute atomic E-state index is 0.0154. The summed E-state index contributed by atoms with van der Waals surface area (Å²) in [6.45, 7) is 1.37. The van der Waals surface area contributed by atoms with E-state index in [1.165, 1.54) is 6.92 Å². The number of halogens is 2. The Hall–Kier alpha value is -1.73. The topological polar surface area (TPSA) is 92.7 Å². The Morgan fingerprint density at radius 3 is 2.10 bits per heavy atom. The number of ether oxygens (including phenoxy) is 2. The molecular formula is C21H27F2O6-. The number of hydrogen-bond acceptors (Lipinski definition) is 6. The quantitative estimate of drug-likeness (QED) is 0.643. The van der Waals surface area contributed by atoms with Crippen LogP contribution in [0.5, 0.6) is 0 Å². The summed E-state index contributed by atoms with van der Waals surface area (Å²) in [4.78, 5) is 36.0. The molecule has 29 heavy (non-hydrogen) atoms. The van der Waals surface area contributed by atoms with Gasteiger partial charge in [0, 0.05) is 6.92 Å². The van der Waals surface area contributed by atoms with Crippen LogP contribution in [-0.4, -0.2) is 35.5 Å². The maximum absolute atomic E-state index is 14.6. The first kappa shape index (κ1) is 20.5. The first-order valence-electron chi connectivity index (χ1n) is 10.6. The van der Waals surface area contributed by atoms with E-state index in [0.717, 1.165) is 12.8 Å². The van der Waals surface area contributed by atoms with Crippen molar-refractivity contribution in [2.75, 3.05) is 0 Å². The predicted molar refractivity (Wildman–Crippen MR) is 93.4 cm³/mol. The molecular weight excluding hydrogens is 386 g/mol. The van der Waals surface area contributed by atoms with E-state index in [9.17, 15) is 28.3 Å². The number of carbonyl (C=O) groups excluding carboxylic acids is 3. The maximum atomic E-state index is 14.6. The van der Waals surface area contributed by atoms with Gasteiger partial charge in [0.1, 0.15) is 12.1 Å². The van der Waals surface area contributed by atoms with Crippen LogP contribution in [0.2, 0.25) is 0 Å². The summed E-state index contributed by atoms with van der Waals surface area (Å²) in [5.74, 6) is -7.48. The third-order valence-electron chi connectivity index (χ3n) is 7.70. The third kappa shape index (κ3) is 3.22. The van der Waals surface area contributed by atoms with E-state index < -0.39 is 28.9 Å². The van der Waals surface area contributed by atoms with Crippen LogP contribution < -0.4 is 5.11 Å². The number of aliphatic carboxylic acids is 1. The number of carboxylic acid groups (broad SMARTS) is 1. The Labute approximate surface area is 168 Å². The van der Waals surface area contributed by atoms with Gasteiger partial charge in [0.2, 0.25) is 0 Å². The normalized spacial score (nSPS) is 37.8. The molecule has 0 aromatic rings. The van der Waals surface area contributed by atoms with E-state index in [-0.39, 0.29) is 42.7 Å². The van der Waals surface area contributed by atoms with E-state index in [1.54, 1.807) is 0 Å². The fourth-order valence-electron chi connectivity index (χ4n) is 6.69.